The average Bonchev–Trinajstić information content (AvgIpc) is 3.32. The van der Waals surface area contributed by atoms with Crippen molar-refractivity contribution < 1.29 is 17.9 Å². The molecule has 1 amide bonds. The van der Waals surface area contributed by atoms with Gasteiger partial charge in [-0.3, -0.25) is 4.79 Å². The van der Waals surface area contributed by atoms with Crippen LogP contribution in [0.1, 0.15) is 12.8 Å². The largest absolute Gasteiger partial charge is 0.497 e. The molecule has 36 heavy (non-hydrogen) atoms. The molecule has 2 aromatic carbocycles. The van der Waals surface area contributed by atoms with Crippen LogP contribution in [0.15, 0.2) is 47.4 Å². The Morgan fingerprint density at radius 1 is 1.03 bits per heavy atom. The van der Waals surface area contributed by atoms with E-state index in [4.69, 9.17) is 9.72 Å². The number of likely N-dealkylation sites (N-methyl/N-ethyl adjacent to an activating group) is 1. The molecule has 2 aliphatic heterocycles. The smallest absolute Gasteiger partial charge is 0.243 e. The number of ether oxygens (including phenoxy) is 1. The molecule has 0 unspecified atom stereocenters. The van der Waals surface area contributed by atoms with Gasteiger partial charge in [-0.15, -0.1) is 0 Å². The zero-order valence-corrected chi connectivity index (χ0v) is 22.1. The molecule has 192 valence electrons. The molecule has 0 aliphatic carbocycles. The van der Waals surface area contributed by atoms with Crippen molar-refractivity contribution in [1.29, 1.82) is 0 Å². The van der Waals surface area contributed by atoms with Gasteiger partial charge in [-0.2, -0.15) is 4.31 Å². The van der Waals surface area contributed by atoms with Crippen LogP contribution in [0, 0.1) is 5.92 Å². The minimum absolute atomic E-state index is 0.0698. The average molecular weight is 530 g/mol. The lowest BCUT2D eigenvalue weighted by atomic mass is 9.97. The molecule has 2 fully saturated rings. The highest BCUT2D eigenvalue weighted by Crippen LogP contribution is 2.32. The van der Waals surface area contributed by atoms with E-state index in [-0.39, 0.29) is 16.7 Å². The molecule has 5 rings (SSSR count). The Kier molecular flexibility index (Phi) is 7.16. The molecule has 0 atom stereocenters. The van der Waals surface area contributed by atoms with Crippen molar-refractivity contribution in [3.63, 3.8) is 0 Å². The zero-order chi connectivity index (χ0) is 25.3. The van der Waals surface area contributed by atoms with Crippen LogP contribution < -0.4 is 15.0 Å². The number of carbonyl (C=O) groups is 1. The highest BCUT2D eigenvalue weighted by atomic mass is 32.2. The van der Waals surface area contributed by atoms with Gasteiger partial charge in [0.2, 0.25) is 15.9 Å². The lowest BCUT2D eigenvalue weighted by Crippen LogP contribution is -2.44. The SMILES string of the molecule is COc1ccc(S(=O)(=O)N2CCC(C(=O)Nc3ccc4nc(N5CCN(C)CC5)sc4c3)CC2)cc1. The van der Waals surface area contributed by atoms with E-state index in [1.807, 2.05) is 18.2 Å². The number of piperidine rings is 1. The summed E-state index contributed by atoms with van der Waals surface area (Å²) in [7, 11) is 0.0798. The molecule has 0 spiro atoms. The number of anilines is 2. The quantitative estimate of drug-likeness (QED) is 0.524. The summed E-state index contributed by atoms with van der Waals surface area (Å²) in [6.07, 6.45) is 0.967. The van der Waals surface area contributed by atoms with Crippen LogP contribution >= 0.6 is 11.3 Å². The molecule has 0 bridgehead atoms. The summed E-state index contributed by atoms with van der Waals surface area (Å²) in [4.78, 5) is 22.6. The molecular weight excluding hydrogens is 498 g/mol. The number of methoxy groups -OCH3 is 1. The van der Waals surface area contributed by atoms with Crippen molar-refractivity contribution in [3.8, 4) is 5.75 Å². The first kappa shape index (κ1) is 24.9. The molecule has 1 aromatic heterocycles. The van der Waals surface area contributed by atoms with Crippen LogP contribution in [0.4, 0.5) is 10.8 Å². The summed E-state index contributed by atoms with van der Waals surface area (Å²) in [6.45, 7) is 4.61. The van der Waals surface area contributed by atoms with Crippen molar-refractivity contribution in [2.24, 2.45) is 5.92 Å². The number of fused-ring (bicyclic) bond motifs is 1. The Morgan fingerprint density at radius 2 is 1.72 bits per heavy atom. The molecule has 9 nitrogen and oxygen atoms in total. The van der Waals surface area contributed by atoms with Gasteiger partial charge in [0, 0.05) is 50.9 Å². The van der Waals surface area contributed by atoms with E-state index in [0.29, 0.717) is 31.7 Å². The third-order valence-electron chi connectivity index (χ3n) is 6.94. The fourth-order valence-corrected chi connectivity index (χ4v) is 7.15. The first-order valence-electron chi connectivity index (χ1n) is 12.1. The Labute approximate surface area is 215 Å². The second kappa shape index (κ2) is 10.3. The number of piperazine rings is 1. The number of thiazole rings is 1. The third kappa shape index (κ3) is 5.19. The second-order valence-corrected chi connectivity index (χ2v) is 12.3. The summed E-state index contributed by atoms with van der Waals surface area (Å²) in [5, 5.41) is 4.05. The van der Waals surface area contributed by atoms with Crippen LogP contribution in [0.3, 0.4) is 0 Å². The predicted octanol–water partition coefficient (Wildman–Crippen LogP) is 3.10. The summed E-state index contributed by atoms with van der Waals surface area (Å²) >= 11 is 1.65. The van der Waals surface area contributed by atoms with Crippen molar-refractivity contribution in [2.75, 3.05) is 63.6 Å². The lowest BCUT2D eigenvalue weighted by molar-refractivity contribution is -0.120. The number of benzene rings is 2. The maximum atomic E-state index is 13.0. The maximum Gasteiger partial charge on any atom is 0.243 e. The fourth-order valence-electron chi connectivity index (χ4n) is 4.62. The summed E-state index contributed by atoms with van der Waals surface area (Å²) in [5.41, 5.74) is 1.68. The molecule has 0 radical (unpaired) electrons. The van der Waals surface area contributed by atoms with Gasteiger partial charge in [0.1, 0.15) is 5.75 Å². The molecule has 3 heterocycles. The summed E-state index contributed by atoms with van der Waals surface area (Å²) in [5.74, 6) is 0.307. The molecule has 3 aromatic rings. The first-order valence-corrected chi connectivity index (χ1v) is 14.4. The molecular formula is C25H31N5O4S2. The van der Waals surface area contributed by atoms with E-state index in [2.05, 4.69) is 22.2 Å². The molecule has 2 saturated heterocycles. The Morgan fingerprint density at radius 3 is 2.39 bits per heavy atom. The van der Waals surface area contributed by atoms with Gasteiger partial charge in [-0.25, -0.2) is 13.4 Å². The van der Waals surface area contributed by atoms with Gasteiger partial charge in [-0.05, 0) is 62.4 Å². The summed E-state index contributed by atoms with van der Waals surface area (Å²) in [6, 6.07) is 12.2. The minimum Gasteiger partial charge on any atom is -0.497 e. The highest BCUT2D eigenvalue weighted by Gasteiger charge is 2.32. The van der Waals surface area contributed by atoms with Crippen LogP contribution in [0.25, 0.3) is 10.2 Å². The molecule has 2 aliphatic rings. The number of nitrogens with one attached hydrogen (secondary N) is 1. The van der Waals surface area contributed by atoms with Crippen LogP contribution in [0.2, 0.25) is 0 Å². The number of nitrogens with zero attached hydrogens (tertiary/aromatic N) is 4. The minimum atomic E-state index is -3.60. The van der Waals surface area contributed by atoms with Gasteiger partial charge in [0.25, 0.3) is 0 Å². The Balaban J connectivity index is 1.19. The van der Waals surface area contributed by atoms with Crippen molar-refractivity contribution in [1.82, 2.24) is 14.2 Å². The number of hydrogen-bond acceptors (Lipinski definition) is 8. The predicted molar refractivity (Wildman–Crippen MR) is 142 cm³/mol. The van der Waals surface area contributed by atoms with E-state index in [0.717, 1.165) is 47.2 Å². The van der Waals surface area contributed by atoms with Gasteiger partial charge in [0.15, 0.2) is 5.13 Å². The van der Waals surface area contributed by atoms with E-state index < -0.39 is 10.0 Å². The van der Waals surface area contributed by atoms with Gasteiger partial charge in [0.05, 0.1) is 22.2 Å². The Bertz CT molecular complexity index is 1330. The standard InChI is InChI=1S/C25H31N5O4S2/c1-28-13-15-29(16-14-28)25-27-22-8-3-19(17-23(22)35-25)26-24(31)18-9-11-30(12-10-18)36(32,33)21-6-4-20(34-2)5-7-21/h3-8,17-18H,9-16H2,1-2H3,(H,26,31). The monoisotopic (exact) mass is 529 g/mol. The maximum absolute atomic E-state index is 13.0. The number of rotatable bonds is 6. The van der Waals surface area contributed by atoms with Gasteiger partial charge < -0.3 is 19.9 Å². The lowest BCUT2D eigenvalue weighted by Gasteiger charge is -2.32. The normalized spacial score (nSPS) is 18.4. The second-order valence-electron chi connectivity index (χ2n) is 9.31. The third-order valence-corrected chi connectivity index (χ3v) is 9.93. The Hall–Kier alpha value is -2.73. The van der Waals surface area contributed by atoms with Crippen molar-refractivity contribution in [3.05, 3.63) is 42.5 Å². The van der Waals surface area contributed by atoms with Crippen molar-refractivity contribution >= 4 is 48.3 Å². The molecule has 1 N–H and O–H groups in total. The number of carbonyl (C=O) groups excluding carboxylic acids is 1. The number of sulfonamides is 1. The van der Waals surface area contributed by atoms with Crippen LogP contribution in [-0.4, -0.2) is 81.9 Å². The summed E-state index contributed by atoms with van der Waals surface area (Å²) < 4.78 is 33.6. The molecule has 0 saturated carbocycles. The fraction of sp³-hybridized carbons (Fsp3) is 0.440. The van der Waals surface area contributed by atoms with E-state index in [1.165, 1.54) is 4.31 Å². The number of hydrogen-bond donors (Lipinski definition) is 1. The van der Waals surface area contributed by atoms with Crippen molar-refractivity contribution in [2.45, 2.75) is 17.7 Å². The number of aromatic nitrogens is 1. The number of amides is 1. The zero-order valence-electron chi connectivity index (χ0n) is 20.5. The topological polar surface area (TPSA) is 95.1 Å². The van der Waals surface area contributed by atoms with E-state index in [9.17, 15) is 13.2 Å². The van der Waals surface area contributed by atoms with Crippen LogP contribution in [0.5, 0.6) is 5.75 Å². The first-order chi connectivity index (χ1) is 17.3. The van der Waals surface area contributed by atoms with Crippen LogP contribution in [-0.2, 0) is 14.8 Å². The van der Waals surface area contributed by atoms with Gasteiger partial charge in [-0.1, -0.05) is 11.3 Å². The van der Waals surface area contributed by atoms with Gasteiger partial charge >= 0.3 is 0 Å². The molecule has 11 heteroatoms. The highest BCUT2D eigenvalue weighted by molar-refractivity contribution is 7.89. The van der Waals surface area contributed by atoms with E-state index >= 15 is 0 Å². The van der Waals surface area contributed by atoms with E-state index in [1.54, 1.807) is 42.7 Å².